The first kappa shape index (κ1) is 12.4. The first-order valence-corrected chi connectivity index (χ1v) is 5.06. The predicted molar refractivity (Wildman–Crippen MR) is 49.4 cm³/mol. The number of hydrogen-bond donors (Lipinski definition) is 0. The Kier molecular flexibility index (Phi) is 5.62. The second kappa shape index (κ2) is 5.91. The summed E-state index contributed by atoms with van der Waals surface area (Å²) in [4.78, 5) is 0.376. The van der Waals surface area contributed by atoms with Gasteiger partial charge in [0.2, 0.25) is 0 Å². The maximum Gasteiger partial charge on any atom is 0.194 e. The lowest BCUT2D eigenvalue weighted by atomic mass is 10.3. The molecule has 0 N–H and O–H groups in total. The third-order valence-corrected chi connectivity index (χ3v) is 1.90. The van der Waals surface area contributed by atoms with E-state index in [1.807, 2.05) is 13.8 Å². The van der Waals surface area contributed by atoms with Crippen LogP contribution in [0.2, 0.25) is 0 Å². The summed E-state index contributed by atoms with van der Waals surface area (Å²) in [6.07, 6.45) is 1.66. The average molecular weight is 208 g/mol. The Morgan fingerprint density at radius 2 is 1.38 bits per heavy atom. The number of halogens is 3. The van der Waals surface area contributed by atoms with Gasteiger partial charge in [-0.25, -0.2) is 13.2 Å². The molecule has 0 aliphatic heterocycles. The fourth-order valence-electron chi connectivity index (χ4n) is 0.650. The van der Waals surface area contributed by atoms with Gasteiger partial charge in [-0.2, -0.15) is 0 Å². The first-order valence-electron chi connectivity index (χ1n) is 3.83. The van der Waals surface area contributed by atoms with Crippen LogP contribution >= 0.6 is 11.8 Å². The van der Waals surface area contributed by atoms with E-state index in [4.69, 9.17) is 0 Å². The van der Waals surface area contributed by atoms with Crippen molar-refractivity contribution in [2.75, 3.05) is 6.26 Å². The molecular formula is C9H11F3S. The number of benzene rings is 1. The molecule has 0 heterocycles. The van der Waals surface area contributed by atoms with Crippen LogP contribution in [0.1, 0.15) is 13.8 Å². The summed E-state index contributed by atoms with van der Waals surface area (Å²) in [6.45, 7) is 4.00. The van der Waals surface area contributed by atoms with E-state index in [1.165, 1.54) is 0 Å². The van der Waals surface area contributed by atoms with Crippen molar-refractivity contribution in [1.29, 1.82) is 0 Å². The Labute approximate surface area is 80.2 Å². The molecule has 0 unspecified atom stereocenters. The maximum atomic E-state index is 12.4. The molecule has 0 spiro atoms. The van der Waals surface area contributed by atoms with Gasteiger partial charge in [0.05, 0.1) is 0 Å². The van der Waals surface area contributed by atoms with Gasteiger partial charge in [0.25, 0.3) is 0 Å². The molecule has 0 radical (unpaired) electrons. The molecule has 0 amide bonds. The van der Waals surface area contributed by atoms with E-state index >= 15 is 0 Å². The van der Waals surface area contributed by atoms with Gasteiger partial charge in [0, 0.05) is 4.90 Å². The van der Waals surface area contributed by atoms with Crippen LogP contribution in [-0.2, 0) is 0 Å². The predicted octanol–water partition coefficient (Wildman–Crippen LogP) is 3.85. The third kappa shape index (κ3) is 3.30. The molecule has 0 atom stereocenters. The van der Waals surface area contributed by atoms with Crippen LogP contribution in [0.5, 0.6) is 0 Å². The summed E-state index contributed by atoms with van der Waals surface area (Å²) in [7, 11) is 0. The van der Waals surface area contributed by atoms with Crippen LogP contribution in [0, 0.1) is 17.5 Å². The first-order chi connectivity index (χ1) is 6.15. The molecular weight excluding hydrogens is 197 g/mol. The highest BCUT2D eigenvalue weighted by Crippen LogP contribution is 2.20. The Hall–Kier alpha value is -0.640. The quantitative estimate of drug-likeness (QED) is 0.499. The van der Waals surface area contributed by atoms with Gasteiger partial charge in [-0.1, -0.05) is 13.8 Å². The van der Waals surface area contributed by atoms with Gasteiger partial charge in [-0.3, -0.25) is 0 Å². The lowest BCUT2D eigenvalue weighted by molar-refractivity contribution is 0.443. The van der Waals surface area contributed by atoms with Crippen LogP contribution in [0.3, 0.4) is 0 Å². The van der Waals surface area contributed by atoms with Crippen molar-refractivity contribution < 1.29 is 13.2 Å². The van der Waals surface area contributed by atoms with Gasteiger partial charge < -0.3 is 0 Å². The zero-order valence-electron chi connectivity index (χ0n) is 7.70. The number of hydrogen-bond acceptors (Lipinski definition) is 1. The highest BCUT2D eigenvalue weighted by molar-refractivity contribution is 7.98. The second-order valence-electron chi connectivity index (χ2n) is 1.91. The second-order valence-corrected chi connectivity index (χ2v) is 2.78. The molecule has 0 fully saturated rings. The van der Waals surface area contributed by atoms with Crippen LogP contribution in [0.4, 0.5) is 13.2 Å². The minimum absolute atomic E-state index is 0.376. The van der Waals surface area contributed by atoms with Crippen molar-refractivity contribution in [2.45, 2.75) is 18.7 Å². The van der Waals surface area contributed by atoms with Gasteiger partial charge in [0.1, 0.15) is 0 Å². The zero-order valence-corrected chi connectivity index (χ0v) is 8.51. The van der Waals surface area contributed by atoms with Crippen molar-refractivity contribution in [3.8, 4) is 0 Å². The summed E-state index contributed by atoms with van der Waals surface area (Å²) < 4.78 is 37.1. The molecule has 0 bridgehead atoms. The van der Waals surface area contributed by atoms with E-state index in [0.717, 1.165) is 23.9 Å². The number of rotatable bonds is 1. The molecule has 0 aromatic heterocycles. The maximum absolute atomic E-state index is 12.4. The normalized spacial score (nSPS) is 9.08. The fourth-order valence-corrected chi connectivity index (χ4v) is 1.09. The molecule has 1 aromatic carbocycles. The monoisotopic (exact) mass is 208 g/mol. The largest absolute Gasteiger partial charge is 0.204 e. The van der Waals surface area contributed by atoms with Crippen molar-refractivity contribution in [1.82, 2.24) is 0 Å². The van der Waals surface area contributed by atoms with Crippen molar-refractivity contribution >= 4 is 11.8 Å². The van der Waals surface area contributed by atoms with Crippen molar-refractivity contribution in [3.05, 3.63) is 29.6 Å². The molecule has 1 aromatic rings. The lowest BCUT2D eigenvalue weighted by Gasteiger charge is -1.98. The molecule has 4 heteroatoms. The molecule has 0 saturated carbocycles. The fraction of sp³-hybridized carbons (Fsp3) is 0.333. The zero-order chi connectivity index (χ0) is 10.4. The minimum Gasteiger partial charge on any atom is -0.204 e. The van der Waals surface area contributed by atoms with Crippen LogP contribution in [-0.4, -0.2) is 6.26 Å². The topological polar surface area (TPSA) is 0 Å². The molecule has 0 saturated heterocycles. The van der Waals surface area contributed by atoms with E-state index in [-0.39, 0.29) is 0 Å². The average Bonchev–Trinajstić information content (AvgIpc) is 2.16. The standard InChI is InChI=1S/C7H5F3S.C2H6/c1-11-4-2-5(8)7(10)6(9)3-4;1-2/h2-3H,1H3;1-2H3. The molecule has 0 nitrogen and oxygen atoms in total. The van der Waals surface area contributed by atoms with Gasteiger partial charge in [-0.15, -0.1) is 11.8 Å². The summed E-state index contributed by atoms with van der Waals surface area (Å²) in [5, 5.41) is 0. The summed E-state index contributed by atoms with van der Waals surface area (Å²) in [5.74, 6) is -3.70. The number of thioether (sulfide) groups is 1. The van der Waals surface area contributed by atoms with Crippen LogP contribution in [0.15, 0.2) is 17.0 Å². The molecule has 13 heavy (non-hydrogen) atoms. The molecule has 0 aliphatic carbocycles. The van der Waals surface area contributed by atoms with Gasteiger partial charge >= 0.3 is 0 Å². The summed E-state index contributed by atoms with van der Waals surface area (Å²) in [6, 6.07) is 1.92. The highest BCUT2D eigenvalue weighted by atomic mass is 32.2. The van der Waals surface area contributed by atoms with Crippen molar-refractivity contribution in [2.24, 2.45) is 0 Å². The smallest absolute Gasteiger partial charge is 0.194 e. The van der Waals surface area contributed by atoms with Crippen molar-refractivity contribution in [3.63, 3.8) is 0 Å². The Balaban J connectivity index is 0.000000671. The molecule has 0 aliphatic rings. The van der Waals surface area contributed by atoms with Crippen LogP contribution in [0.25, 0.3) is 0 Å². The Morgan fingerprint density at radius 3 is 1.69 bits per heavy atom. The van der Waals surface area contributed by atoms with E-state index in [0.29, 0.717) is 4.90 Å². The van der Waals surface area contributed by atoms with E-state index in [1.54, 1.807) is 6.26 Å². The summed E-state index contributed by atoms with van der Waals surface area (Å²) >= 11 is 1.16. The van der Waals surface area contributed by atoms with E-state index in [9.17, 15) is 13.2 Å². The van der Waals surface area contributed by atoms with Crippen LogP contribution < -0.4 is 0 Å². The summed E-state index contributed by atoms with van der Waals surface area (Å²) in [5.41, 5.74) is 0. The molecule has 1 rings (SSSR count). The Morgan fingerprint density at radius 1 is 1.00 bits per heavy atom. The lowest BCUT2D eigenvalue weighted by Crippen LogP contribution is -1.89. The Bertz CT molecular complexity index is 251. The third-order valence-electron chi connectivity index (χ3n) is 1.19. The van der Waals surface area contributed by atoms with E-state index in [2.05, 4.69) is 0 Å². The van der Waals surface area contributed by atoms with E-state index < -0.39 is 17.5 Å². The minimum atomic E-state index is -1.41. The van der Waals surface area contributed by atoms with Gasteiger partial charge in [-0.05, 0) is 18.4 Å². The SMILES string of the molecule is CC.CSc1cc(F)c(F)c(F)c1. The van der Waals surface area contributed by atoms with Gasteiger partial charge in [0.15, 0.2) is 17.5 Å². The molecule has 74 valence electrons. The highest BCUT2D eigenvalue weighted by Gasteiger charge is 2.09.